The third-order valence-electron chi connectivity index (χ3n) is 11.0. The van der Waals surface area contributed by atoms with Crippen molar-refractivity contribution in [2.45, 2.75) is 6.17 Å². The van der Waals surface area contributed by atoms with E-state index in [-0.39, 0.29) is 6.17 Å². The van der Waals surface area contributed by atoms with Gasteiger partial charge in [-0.15, -0.1) is 0 Å². The molecule has 0 aliphatic carbocycles. The Labute approximate surface area is 307 Å². The van der Waals surface area contributed by atoms with Gasteiger partial charge in [-0.2, -0.15) is 0 Å². The maximum Gasteiger partial charge on any atom is 0.146 e. The van der Waals surface area contributed by atoms with E-state index in [1.807, 2.05) is 0 Å². The highest BCUT2D eigenvalue weighted by atomic mass is 15.1. The zero-order valence-electron chi connectivity index (χ0n) is 28.9. The van der Waals surface area contributed by atoms with Gasteiger partial charge in [0.25, 0.3) is 0 Å². The lowest BCUT2D eigenvalue weighted by Gasteiger charge is -2.26. The largest absolute Gasteiger partial charge is 0.387 e. The van der Waals surface area contributed by atoms with Crippen molar-refractivity contribution in [3.05, 3.63) is 198 Å². The van der Waals surface area contributed by atoms with Gasteiger partial charge < -0.3 is 15.2 Å². The zero-order valence-corrected chi connectivity index (χ0v) is 28.9. The molecular formula is C49H34N4. The van der Waals surface area contributed by atoms with Gasteiger partial charge in [-0.05, 0) is 84.9 Å². The van der Waals surface area contributed by atoms with Crippen LogP contribution in [-0.4, -0.2) is 16.8 Å². The molecule has 2 N–H and O–H groups in total. The van der Waals surface area contributed by atoms with Crippen molar-refractivity contribution in [2.75, 3.05) is 6.54 Å². The summed E-state index contributed by atoms with van der Waals surface area (Å²) < 4.78 is 2.36. The van der Waals surface area contributed by atoms with E-state index in [0.29, 0.717) is 0 Å². The molecule has 9 aromatic rings. The van der Waals surface area contributed by atoms with Gasteiger partial charge in [0, 0.05) is 40.5 Å². The Bertz CT molecular complexity index is 2940. The summed E-state index contributed by atoms with van der Waals surface area (Å²) in [5.41, 5.74) is 11.3. The van der Waals surface area contributed by atoms with Crippen molar-refractivity contribution in [2.24, 2.45) is 4.99 Å². The Kier molecular flexibility index (Phi) is 6.65. The van der Waals surface area contributed by atoms with E-state index < -0.39 is 0 Å². The van der Waals surface area contributed by atoms with Crippen LogP contribution in [0.4, 0.5) is 0 Å². The molecule has 1 aromatic heterocycles. The molecule has 8 aromatic carbocycles. The van der Waals surface area contributed by atoms with Crippen molar-refractivity contribution < 1.29 is 0 Å². The zero-order chi connectivity index (χ0) is 34.9. The molecule has 53 heavy (non-hydrogen) atoms. The molecule has 11 rings (SSSR count). The summed E-state index contributed by atoms with van der Waals surface area (Å²) in [6.45, 7) is 0.866. The molecule has 250 valence electrons. The SMILES string of the molecule is C1=CC(c2ccc(C3=CC(c4ccc(-n5c6ccccc6c6ccccc65)cc4)=NC(c4ccc5ccc6cccc7ccc4c5c67)N3)cc2)=CNC1. The van der Waals surface area contributed by atoms with Crippen LogP contribution in [0.3, 0.4) is 0 Å². The smallest absolute Gasteiger partial charge is 0.146 e. The molecule has 0 radical (unpaired) electrons. The van der Waals surface area contributed by atoms with Crippen LogP contribution >= 0.6 is 0 Å². The van der Waals surface area contributed by atoms with E-state index in [1.165, 1.54) is 70.8 Å². The number of fused-ring (bicyclic) bond motifs is 3. The highest BCUT2D eigenvalue weighted by molar-refractivity contribution is 6.24. The molecule has 2 aliphatic rings. The summed E-state index contributed by atoms with van der Waals surface area (Å²) in [5, 5.41) is 17.3. The van der Waals surface area contributed by atoms with Crippen molar-refractivity contribution >= 4 is 71.1 Å². The number of nitrogens with one attached hydrogen (secondary N) is 2. The summed E-state index contributed by atoms with van der Waals surface area (Å²) in [6, 6.07) is 55.2. The van der Waals surface area contributed by atoms with Gasteiger partial charge in [-0.25, -0.2) is 0 Å². The lowest BCUT2D eigenvalue weighted by molar-refractivity contribution is 0.669. The molecule has 0 fully saturated rings. The number of hydrogen-bond donors (Lipinski definition) is 2. The van der Waals surface area contributed by atoms with Crippen molar-refractivity contribution in [1.29, 1.82) is 0 Å². The maximum atomic E-state index is 5.46. The summed E-state index contributed by atoms with van der Waals surface area (Å²) in [4.78, 5) is 5.46. The number of aromatic nitrogens is 1. The first-order valence-corrected chi connectivity index (χ1v) is 18.3. The third kappa shape index (κ3) is 4.80. The van der Waals surface area contributed by atoms with Gasteiger partial charge in [0.2, 0.25) is 0 Å². The maximum absolute atomic E-state index is 5.46. The first-order chi connectivity index (χ1) is 26.3. The lowest BCUT2D eigenvalue weighted by atomic mass is 9.90. The number of rotatable bonds is 5. The number of allylic oxidation sites excluding steroid dienone is 3. The van der Waals surface area contributed by atoms with Gasteiger partial charge in [0.05, 0.1) is 16.7 Å². The second-order valence-corrected chi connectivity index (χ2v) is 14.0. The van der Waals surface area contributed by atoms with Gasteiger partial charge in [-0.1, -0.05) is 140 Å². The molecule has 1 atom stereocenters. The fourth-order valence-electron chi connectivity index (χ4n) is 8.48. The molecule has 0 amide bonds. The molecule has 0 saturated heterocycles. The van der Waals surface area contributed by atoms with Gasteiger partial charge in [-0.3, -0.25) is 4.99 Å². The average molecular weight is 679 g/mol. The number of hydrogen-bond acceptors (Lipinski definition) is 3. The Morgan fingerprint density at radius 1 is 0.547 bits per heavy atom. The quantitative estimate of drug-likeness (QED) is 0.178. The summed E-state index contributed by atoms with van der Waals surface area (Å²) in [6.07, 6.45) is 8.36. The fourth-order valence-corrected chi connectivity index (χ4v) is 8.48. The number of benzene rings is 8. The first kappa shape index (κ1) is 29.8. The highest BCUT2D eigenvalue weighted by Crippen LogP contribution is 2.39. The summed E-state index contributed by atoms with van der Waals surface area (Å²) in [7, 11) is 0. The highest BCUT2D eigenvalue weighted by Gasteiger charge is 2.23. The van der Waals surface area contributed by atoms with Crippen LogP contribution < -0.4 is 10.6 Å². The Morgan fingerprint density at radius 2 is 1.19 bits per heavy atom. The van der Waals surface area contributed by atoms with Crippen molar-refractivity contribution in [3.8, 4) is 5.69 Å². The van der Waals surface area contributed by atoms with Crippen LogP contribution in [0.5, 0.6) is 0 Å². The van der Waals surface area contributed by atoms with E-state index in [9.17, 15) is 0 Å². The topological polar surface area (TPSA) is 41.4 Å². The molecule has 4 heteroatoms. The van der Waals surface area contributed by atoms with Crippen LogP contribution in [-0.2, 0) is 0 Å². The minimum Gasteiger partial charge on any atom is -0.387 e. The van der Waals surface area contributed by atoms with Crippen LogP contribution in [0.2, 0.25) is 0 Å². The Hall–Kier alpha value is -6.91. The molecule has 4 nitrogen and oxygen atoms in total. The molecular weight excluding hydrogens is 645 g/mol. The van der Waals surface area contributed by atoms with Gasteiger partial charge in [0.15, 0.2) is 0 Å². The van der Waals surface area contributed by atoms with E-state index >= 15 is 0 Å². The minimum atomic E-state index is -0.278. The minimum absolute atomic E-state index is 0.278. The summed E-state index contributed by atoms with van der Waals surface area (Å²) >= 11 is 0. The molecule has 0 spiro atoms. The Balaban J connectivity index is 1.04. The average Bonchev–Trinajstić information content (AvgIpc) is 3.57. The predicted octanol–water partition coefficient (Wildman–Crippen LogP) is 11.3. The molecule has 1 unspecified atom stereocenters. The predicted molar refractivity (Wildman–Crippen MR) is 223 cm³/mol. The van der Waals surface area contributed by atoms with Gasteiger partial charge >= 0.3 is 0 Å². The van der Waals surface area contributed by atoms with E-state index in [0.717, 1.165) is 34.8 Å². The van der Waals surface area contributed by atoms with Crippen LogP contribution in [0.1, 0.15) is 28.4 Å². The van der Waals surface area contributed by atoms with E-state index in [2.05, 4.69) is 191 Å². The third-order valence-corrected chi connectivity index (χ3v) is 11.0. The Morgan fingerprint density at radius 3 is 1.91 bits per heavy atom. The van der Waals surface area contributed by atoms with Gasteiger partial charge in [0.1, 0.15) is 6.17 Å². The molecule has 0 saturated carbocycles. The molecule has 3 heterocycles. The number of dihydropyridines is 1. The van der Waals surface area contributed by atoms with Crippen LogP contribution in [0, 0.1) is 0 Å². The normalized spacial score (nSPS) is 15.8. The van der Waals surface area contributed by atoms with Crippen molar-refractivity contribution in [3.63, 3.8) is 0 Å². The second kappa shape index (κ2) is 11.8. The van der Waals surface area contributed by atoms with E-state index in [4.69, 9.17) is 4.99 Å². The molecule has 2 aliphatic heterocycles. The van der Waals surface area contributed by atoms with Crippen LogP contribution in [0.15, 0.2) is 181 Å². The summed E-state index contributed by atoms with van der Waals surface area (Å²) in [5.74, 6) is 0. The molecule has 0 bridgehead atoms. The van der Waals surface area contributed by atoms with Crippen molar-refractivity contribution in [1.82, 2.24) is 15.2 Å². The monoisotopic (exact) mass is 678 g/mol. The fraction of sp³-hybridized carbons (Fsp3) is 0.0408. The lowest BCUT2D eigenvalue weighted by Crippen LogP contribution is -2.25. The second-order valence-electron chi connectivity index (χ2n) is 14.0. The first-order valence-electron chi connectivity index (χ1n) is 18.3. The van der Waals surface area contributed by atoms with E-state index in [1.54, 1.807) is 0 Å². The number of aliphatic imine (C=N–C) groups is 1. The number of nitrogens with zero attached hydrogens (tertiary/aromatic N) is 2. The number of para-hydroxylation sites is 2. The van der Waals surface area contributed by atoms with Crippen LogP contribution in [0.25, 0.3) is 71.1 Å². The standard InChI is InChI=1S/C49H34N4/c1-3-12-45-39(10-1)40-11-2-4-13-46(40)53(45)38-24-20-33(21-25-38)44-29-43(32-16-14-31(15-17-32)37-9-6-28-50-30-37)51-49(52-44)42-27-23-36-19-18-34-7-5-8-35-22-26-41(42)48(36)47(34)35/h1-27,29-30,49-51H,28H2.